The van der Waals surface area contributed by atoms with Gasteiger partial charge in [-0.1, -0.05) is 0 Å². The van der Waals surface area contributed by atoms with Crippen LogP contribution in [0.2, 0.25) is 0 Å². The van der Waals surface area contributed by atoms with Gasteiger partial charge in [-0.25, -0.2) is 4.79 Å². The fourth-order valence-corrected chi connectivity index (χ4v) is 3.37. The molecule has 1 atom stereocenters. The van der Waals surface area contributed by atoms with Gasteiger partial charge in [0, 0.05) is 46.0 Å². The van der Waals surface area contributed by atoms with Crippen molar-refractivity contribution in [3.63, 3.8) is 0 Å². The highest BCUT2D eigenvalue weighted by Gasteiger charge is 2.29. The van der Waals surface area contributed by atoms with Crippen LogP contribution in [0.25, 0.3) is 0 Å². The number of rotatable bonds is 5. The predicted molar refractivity (Wildman–Crippen MR) is 87.7 cm³/mol. The second-order valence-electron chi connectivity index (χ2n) is 6.40. The normalized spacial score (nSPS) is 22.0. The Kier molecular flexibility index (Phi) is 3.93. The van der Waals surface area contributed by atoms with E-state index in [0.29, 0.717) is 6.04 Å². The Balaban J connectivity index is 1.35. The van der Waals surface area contributed by atoms with Gasteiger partial charge in [-0.05, 0) is 6.42 Å². The van der Waals surface area contributed by atoms with Gasteiger partial charge in [0.1, 0.15) is 0 Å². The van der Waals surface area contributed by atoms with Gasteiger partial charge in [0.2, 0.25) is 0 Å². The number of amides is 2. The van der Waals surface area contributed by atoms with E-state index in [1.54, 1.807) is 33.2 Å². The Morgan fingerprint density at radius 2 is 1.96 bits per heavy atom. The molecular weight excluding hydrogens is 308 g/mol. The highest BCUT2D eigenvalue weighted by molar-refractivity contribution is 5.93. The maximum Gasteiger partial charge on any atom is 0.324 e. The molecule has 0 radical (unpaired) electrons. The molecule has 2 aliphatic rings. The molecule has 2 aromatic rings. The summed E-state index contributed by atoms with van der Waals surface area (Å²) in [7, 11) is 1.83. The third-order valence-corrected chi connectivity index (χ3v) is 4.82. The molecule has 9 heteroatoms. The summed E-state index contributed by atoms with van der Waals surface area (Å²) in [6.45, 7) is 5.26. The molecule has 4 heterocycles. The molecule has 0 aliphatic carbocycles. The van der Waals surface area contributed by atoms with Crippen LogP contribution in [0.5, 0.6) is 0 Å². The molecule has 0 bridgehead atoms. The summed E-state index contributed by atoms with van der Waals surface area (Å²) in [6.07, 6.45) is 8.28. The van der Waals surface area contributed by atoms with E-state index in [-0.39, 0.29) is 6.03 Å². The molecule has 0 N–H and O–H groups in total. The molecule has 2 aromatic heterocycles. The summed E-state index contributed by atoms with van der Waals surface area (Å²) in [4.78, 5) is 19.7. The Bertz CT molecular complexity index is 696. The summed E-state index contributed by atoms with van der Waals surface area (Å²) in [6, 6.07) is 0.411. The van der Waals surface area contributed by atoms with Gasteiger partial charge in [0.05, 0.1) is 36.9 Å². The van der Waals surface area contributed by atoms with E-state index in [1.165, 1.54) is 0 Å². The Labute approximate surface area is 140 Å². The topological polar surface area (TPSA) is 75.3 Å². The van der Waals surface area contributed by atoms with Gasteiger partial charge in [0.15, 0.2) is 0 Å². The summed E-state index contributed by atoms with van der Waals surface area (Å²) in [5.74, 6) is 0. The zero-order valence-corrected chi connectivity index (χ0v) is 13.8. The van der Waals surface area contributed by atoms with Crippen LogP contribution < -0.4 is 4.90 Å². The number of aromatic nitrogens is 5. The maximum atomic E-state index is 12.1. The molecule has 24 heavy (non-hydrogen) atoms. The number of urea groups is 1. The minimum absolute atomic E-state index is 0.0503. The van der Waals surface area contributed by atoms with Gasteiger partial charge in [-0.15, -0.1) is 0 Å². The van der Waals surface area contributed by atoms with E-state index in [4.69, 9.17) is 0 Å². The highest BCUT2D eigenvalue weighted by Crippen LogP contribution is 2.25. The molecule has 0 aromatic carbocycles. The van der Waals surface area contributed by atoms with E-state index < -0.39 is 0 Å². The molecule has 9 nitrogen and oxygen atoms in total. The van der Waals surface area contributed by atoms with Gasteiger partial charge >= 0.3 is 6.03 Å². The van der Waals surface area contributed by atoms with Crippen LogP contribution in [-0.4, -0.2) is 80.4 Å². The van der Waals surface area contributed by atoms with Crippen molar-refractivity contribution in [2.75, 3.05) is 44.7 Å². The number of likely N-dealkylation sites (tertiary alicyclic amines) is 1. The van der Waals surface area contributed by atoms with Crippen LogP contribution in [0.3, 0.4) is 0 Å². The third-order valence-electron chi connectivity index (χ3n) is 4.82. The number of anilines is 1. The van der Waals surface area contributed by atoms with Crippen molar-refractivity contribution in [2.45, 2.75) is 19.0 Å². The zero-order valence-electron chi connectivity index (χ0n) is 13.8. The van der Waals surface area contributed by atoms with Gasteiger partial charge < -0.3 is 4.90 Å². The molecule has 0 saturated carbocycles. The molecule has 2 aliphatic heterocycles. The number of carbonyl (C=O) groups excluding carboxylic acids is 1. The number of carbonyl (C=O) groups is 1. The van der Waals surface area contributed by atoms with Gasteiger partial charge in [0.25, 0.3) is 0 Å². The second kappa shape index (κ2) is 6.23. The minimum Gasteiger partial charge on any atom is -0.326 e. The fourth-order valence-electron chi connectivity index (χ4n) is 3.37. The number of hydrogen-bond acceptors (Lipinski definition) is 5. The van der Waals surface area contributed by atoms with Crippen LogP contribution in [0.15, 0.2) is 24.8 Å². The van der Waals surface area contributed by atoms with Gasteiger partial charge in [-0.3, -0.25) is 14.5 Å². The summed E-state index contributed by atoms with van der Waals surface area (Å²) in [5.41, 5.74) is 0.892. The van der Waals surface area contributed by atoms with Crippen molar-refractivity contribution in [2.24, 2.45) is 0 Å². The van der Waals surface area contributed by atoms with Crippen LogP contribution in [0.1, 0.15) is 12.5 Å². The predicted octanol–water partition coefficient (Wildman–Crippen LogP) is 0.293. The standard InChI is InChI=1S/C15H22N8O/c1-19-6-8-21(15(19)24)14-10-18-22(12-14)13-2-5-20(11-13)7-9-23-16-3-4-17-23/h3-4,10,12-13H,2,5-9,11H2,1H3. The SMILES string of the molecule is CN1CCN(c2cnn(C3CCN(CCn4nccn4)C3)c2)C1=O. The lowest BCUT2D eigenvalue weighted by molar-refractivity contribution is 0.229. The van der Waals surface area contributed by atoms with Crippen molar-refractivity contribution in [3.8, 4) is 0 Å². The van der Waals surface area contributed by atoms with Crippen LogP contribution >= 0.6 is 0 Å². The first kappa shape index (κ1) is 15.1. The first-order chi connectivity index (χ1) is 11.7. The number of likely N-dealkylation sites (N-methyl/N-ethyl adjacent to an activating group) is 1. The van der Waals surface area contributed by atoms with E-state index in [1.807, 2.05) is 17.9 Å². The van der Waals surface area contributed by atoms with Crippen LogP contribution in [0, 0.1) is 0 Å². The Morgan fingerprint density at radius 1 is 1.12 bits per heavy atom. The fraction of sp³-hybridized carbons (Fsp3) is 0.600. The van der Waals surface area contributed by atoms with Crippen LogP contribution in [-0.2, 0) is 6.54 Å². The molecule has 1 unspecified atom stereocenters. The summed E-state index contributed by atoms with van der Waals surface area (Å²) < 4.78 is 2.01. The highest BCUT2D eigenvalue weighted by atomic mass is 16.2. The van der Waals surface area contributed by atoms with Crippen molar-refractivity contribution >= 4 is 11.7 Å². The maximum absolute atomic E-state index is 12.1. The summed E-state index contributed by atoms with van der Waals surface area (Å²) >= 11 is 0. The molecule has 2 fully saturated rings. The molecule has 4 rings (SSSR count). The van der Waals surface area contributed by atoms with E-state index in [0.717, 1.165) is 51.4 Å². The number of hydrogen-bond donors (Lipinski definition) is 0. The quantitative estimate of drug-likeness (QED) is 0.788. The lowest BCUT2D eigenvalue weighted by atomic mass is 10.3. The average Bonchev–Trinajstić information content (AvgIpc) is 3.34. The molecule has 128 valence electrons. The minimum atomic E-state index is 0.0503. The first-order valence-corrected chi connectivity index (χ1v) is 8.34. The second-order valence-corrected chi connectivity index (χ2v) is 6.40. The average molecular weight is 330 g/mol. The first-order valence-electron chi connectivity index (χ1n) is 8.34. The van der Waals surface area contributed by atoms with E-state index in [2.05, 4.69) is 20.2 Å². The Hall–Kier alpha value is -2.42. The molecular formula is C15H22N8O. The summed E-state index contributed by atoms with van der Waals surface area (Å²) in [5, 5.41) is 12.8. The molecule has 2 amide bonds. The zero-order chi connectivity index (χ0) is 16.5. The Morgan fingerprint density at radius 3 is 2.71 bits per heavy atom. The lowest BCUT2D eigenvalue weighted by Gasteiger charge is -2.16. The largest absolute Gasteiger partial charge is 0.326 e. The van der Waals surface area contributed by atoms with Crippen molar-refractivity contribution < 1.29 is 4.79 Å². The number of nitrogens with zero attached hydrogens (tertiary/aromatic N) is 8. The van der Waals surface area contributed by atoms with E-state index >= 15 is 0 Å². The van der Waals surface area contributed by atoms with Crippen molar-refractivity contribution in [1.82, 2.24) is 34.6 Å². The third kappa shape index (κ3) is 2.86. The molecule has 0 spiro atoms. The van der Waals surface area contributed by atoms with E-state index in [9.17, 15) is 4.79 Å². The smallest absolute Gasteiger partial charge is 0.324 e. The monoisotopic (exact) mass is 330 g/mol. The molecule has 2 saturated heterocycles. The van der Waals surface area contributed by atoms with Crippen molar-refractivity contribution in [1.29, 1.82) is 0 Å². The van der Waals surface area contributed by atoms with Crippen molar-refractivity contribution in [3.05, 3.63) is 24.8 Å². The lowest BCUT2D eigenvalue weighted by Crippen LogP contribution is -2.29. The van der Waals surface area contributed by atoms with Gasteiger partial charge in [-0.2, -0.15) is 20.1 Å². The van der Waals surface area contributed by atoms with Crippen LogP contribution in [0.4, 0.5) is 10.5 Å².